The molecule has 116 valence electrons. The number of carbonyl (C=O) groups excluding carboxylic acids is 1. The molecule has 2 rings (SSSR count). The van der Waals surface area contributed by atoms with Gasteiger partial charge < -0.3 is 10.2 Å². The second-order valence-electron chi connectivity index (χ2n) is 5.05. The van der Waals surface area contributed by atoms with Gasteiger partial charge in [0.25, 0.3) is 0 Å². The van der Waals surface area contributed by atoms with Crippen molar-refractivity contribution in [3.8, 4) is 0 Å². The molecule has 0 unspecified atom stereocenters. The van der Waals surface area contributed by atoms with Crippen LogP contribution in [-0.2, 0) is 4.79 Å². The lowest BCUT2D eigenvalue weighted by Gasteiger charge is -2.30. The SMILES string of the molecule is CCCSCCCNC(=O)CN1CCSc2ccccc21. The van der Waals surface area contributed by atoms with Crippen LogP contribution in [0.3, 0.4) is 0 Å². The van der Waals surface area contributed by atoms with E-state index in [0.29, 0.717) is 6.54 Å². The van der Waals surface area contributed by atoms with Crippen molar-refractivity contribution in [2.45, 2.75) is 24.7 Å². The Hall–Kier alpha value is -0.810. The number of nitrogens with one attached hydrogen (secondary N) is 1. The fourth-order valence-corrected chi connectivity index (χ4v) is 4.16. The van der Waals surface area contributed by atoms with E-state index in [1.807, 2.05) is 29.6 Å². The summed E-state index contributed by atoms with van der Waals surface area (Å²) in [7, 11) is 0. The van der Waals surface area contributed by atoms with Gasteiger partial charge in [-0.25, -0.2) is 0 Å². The number of amides is 1. The number of hydrogen-bond acceptors (Lipinski definition) is 4. The summed E-state index contributed by atoms with van der Waals surface area (Å²) in [6, 6.07) is 8.34. The van der Waals surface area contributed by atoms with E-state index in [1.54, 1.807) is 0 Å². The highest BCUT2D eigenvalue weighted by Gasteiger charge is 2.18. The second-order valence-corrected chi connectivity index (χ2v) is 7.42. The predicted molar refractivity (Wildman–Crippen MR) is 94.6 cm³/mol. The molecule has 0 radical (unpaired) electrons. The fourth-order valence-electron chi connectivity index (χ4n) is 2.27. The van der Waals surface area contributed by atoms with Crippen LogP contribution in [0.15, 0.2) is 29.2 Å². The molecule has 21 heavy (non-hydrogen) atoms. The summed E-state index contributed by atoms with van der Waals surface area (Å²) in [5, 5.41) is 3.04. The van der Waals surface area contributed by atoms with Crippen molar-refractivity contribution < 1.29 is 4.79 Å². The van der Waals surface area contributed by atoms with E-state index in [9.17, 15) is 4.79 Å². The van der Waals surface area contributed by atoms with Gasteiger partial charge in [-0.05, 0) is 36.5 Å². The summed E-state index contributed by atoms with van der Waals surface area (Å²) in [4.78, 5) is 15.5. The highest BCUT2D eigenvalue weighted by atomic mass is 32.2. The van der Waals surface area contributed by atoms with Gasteiger partial charge in [-0.3, -0.25) is 4.79 Å². The Balaban J connectivity index is 1.71. The number of nitrogens with zero attached hydrogens (tertiary/aromatic N) is 1. The van der Waals surface area contributed by atoms with Crippen molar-refractivity contribution in [2.24, 2.45) is 0 Å². The largest absolute Gasteiger partial charge is 0.360 e. The van der Waals surface area contributed by atoms with E-state index >= 15 is 0 Å². The summed E-state index contributed by atoms with van der Waals surface area (Å²) in [6.07, 6.45) is 2.28. The van der Waals surface area contributed by atoms with Gasteiger partial charge in [-0.2, -0.15) is 11.8 Å². The Morgan fingerprint density at radius 2 is 2.24 bits per heavy atom. The van der Waals surface area contributed by atoms with E-state index in [1.165, 1.54) is 22.8 Å². The molecule has 0 saturated heterocycles. The van der Waals surface area contributed by atoms with Gasteiger partial charge >= 0.3 is 0 Å². The van der Waals surface area contributed by atoms with Crippen LogP contribution in [0.5, 0.6) is 0 Å². The lowest BCUT2D eigenvalue weighted by molar-refractivity contribution is -0.119. The summed E-state index contributed by atoms with van der Waals surface area (Å²) in [5.41, 5.74) is 1.20. The lowest BCUT2D eigenvalue weighted by Crippen LogP contribution is -2.40. The van der Waals surface area contributed by atoms with Crippen LogP contribution in [-0.4, -0.2) is 42.8 Å². The van der Waals surface area contributed by atoms with Gasteiger partial charge in [0.15, 0.2) is 0 Å². The molecule has 3 nitrogen and oxygen atoms in total. The third-order valence-corrected chi connectivity index (χ3v) is 5.61. The normalized spacial score (nSPS) is 13.9. The topological polar surface area (TPSA) is 32.3 Å². The molecule has 1 aliphatic heterocycles. The Bertz CT molecular complexity index is 454. The van der Waals surface area contributed by atoms with E-state index in [0.717, 1.165) is 31.0 Å². The molecule has 0 spiro atoms. The molecule has 1 N–H and O–H groups in total. The highest BCUT2D eigenvalue weighted by Crippen LogP contribution is 2.33. The van der Waals surface area contributed by atoms with Crippen LogP contribution >= 0.6 is 23.5 Å². The Labute approximate surface area is 136 Å². The molecule has 0 saturated carbocycles. The lowest BCUT2D eigenvalue weighted by atomic mass is 10.2. The van der Waals surface area contributed by atoms with Crippen LogP contribution in [0.2, 0.25) is 0 Å². The Morgan fingerprint density at radius 3 is 3.10 bits per heavy atom. The third kappa shape index (κ3) is 5.47. The molecule has 0 fully saturated rings. The number of anilines is 1. The first kappa shape index (κ1) is 16.6. The summed E-state index contributed by atoms with van der Waals surface area (Å²) < 4.78 is 0. The number of benzene rings is 1. The number of thioether (sulfide) groups is 2. The van der Waals surface area contributed by atoms with Gasteiger partial charge in [0.2, 0.25) is 5.91 Å². The summed E-state index contributed by atoms with van der Waals surface area (Å²) in [6.45, 7) is 4.41. The number of hydrogen-bond donors (Lipinski definition) is 1. The second kappa shape index (κ2) is 9.26. The third-order valence-electron chi connectivity index (χ3n) is 3.30. The van der Waals surface area contributed by atoms with E-state index in [-0.39, 0.29) is 5.91 Å². The van der Waals surface area contributed by atoms with Crippen molar-refractivity contribution in [3.63, 3.8) is 0 Å². The maximum atomic E-state index is 12.0. The predicted octanol–water partition coefficient (Wildman–Crippen LogP) is 3.25. The first-order chi connectivity index (χ1) is 10.3. The average Bonchev–Trinajstić information content (AvgIpc) is 2.51. The van der Waals surface area contributed by atoms with E-state index < -0.39 is 0 Å². The van der Waals surface area contributed by atoms with Crippen LogP contribution in [0, 0.1) is 0 Å². The fraction of sp³-hybridized carbons (Fsp3) is 0.562. The molecule has 0 atom stereocenters. The molecule has 1 amide bonds. The molecule has 1 aliphatic rings. The van der Waals surface area contributed by atoms with Gasteiger partial charge in [0, 0.05) is 23.7 Å². The molecular weight excluding hydrogens is 300 g/mol. The van der Waals surface area contributed by atoms with Gasteiger partial charge in [0.05, 0.1) is 12.2 Å². The summed E-state index contributed by atoms with van der Waals surface area (Å²) in [5.74, 6) is 3.54. The van der Waals surface area contributed by atoms with Crippen molar-refractivity contribution >= 4 is 35.1 Å². The Kier molecular flexibility index (Phi) is 7.30. The maximum Gasteiger partial charge on any atom is 0.239 e. The van der Waals surface area contributed by atoms with Crippen molar-refractivity contribution in [3.05, 3.63) is 24.3 Å². The highest BCUT2D eigenvalue weighted by molar-refractivity contribution is 7.99. The quantitative estimate of drug-likeness (QED) is 0.744. The zero-order valence-corrected chi connectivity index (χ0v) is 14.3. The van der Waals surface area contributed by atoms with Crippen LogP contribution in [0.4, 0.5) is 5.69 Å². The molecule has 1 aromatic rings. The minimum atomic E-state index is 0.136. The standard InChI is InChI=1S/C16H24N2OS2/c1-2-10-20-11-5-8-17-16(19)13-18-9-12-21-15-7-4-3-6-14(15)18/h3-4,6-7H,2,5,8-13H2,1H3,(H,17,19). The van der Waals surface area contributed by atoms with Gasteiger partial charge in [-0.1, -0.05) is 19.1 Å². The van der Waals surface area contributed by atoms with Crippen LogP contribution < -0.4 is 10.2 Å². The molecule has 1 aromatic carbocycles. The minimum absolute atomic E-state index is 0.136. The van der Waals surface area contributed by atoms with E-state index in [2.05, 4.69) is 35.3 Å². The van der Waals surface area contributed by atoms with Crippen molar-refractivity contribution in [2.75, 3.05) is 41.8 Å². The number of fused-ring (bicyclic) bond motifs is 1. The minimum Gasteiger partial charge on any atom is -0.360 e. The van der Waals surface area contributed by atoms with Crippen LogP contribution in [0.1, 0.15) is 19.8 Å². The molecule has 5 heteroatoms. The monoisotopic (exact) mass is 324 g/mol. The number of carbonyl (C=O) groups is 1. The molecule has 0 aromatic heterocycles. The average molecular weight is 325 g/mol. The molecule has 0 aliphatic carbocycles. The number of para-hydroxylation sites is 1. The molecule has 0 bridgehead atoms. The van der Waals surface area contributed by atoms with Crippen molar-refractivity contribution in [1.82, 2.24) is 5.32 Å². The zero-order chi connectivity index (χ0) is 14.9. The summed E-state index contributed by atoms with van der Waals surface area (Å²) >= 11 is 3.84. The first-order valence-corrected chi connectivity index (χ1v) is 9.76. The van der Waals surface area contributed by atoms with Crippen molar-refractivity contribution in [1.29, 1.82) is 0 Å². The zero-order valence-electron chi connectivity index (χ0n) is 12.6. The molecular formula is C16H24N2OS2. The van der Waals surface area contributed by atoms with E-state index in [4.69, 9.17) is 0 Å². The number of rotatable bonds is 8. The maximum absolute atomic E-state index is 12.0. The van der Waals surface area contributed by atoms with Crippen LogP contribution in [0.25, 0.3) is 0 Å². The molecule has 1 heterocycles. The Morgan fingerprint density at radius 1 is 1.38 bits per heavy atom. The van der Waals surface area contributed by atoms with Gasteiger partial charge in [0.1, 0.15) is 0 Å². The first-order valence-electron chi connectivity index (χ1n) is 7.62. The van der Waals surface area contributed by atoms with Gasteiger partial charge in [-0.15, -0.1) is 11.8 Å². The smallest absolute Gasteiger partial charge is 0.239 e.